The van der Waals surface area contributed by atoms with Gasteiger partial charge < -0.3 is 0 Å². The molecule has 0 aromatic heterocycles. The monoisotopic (exact) mass is 286 g/mol. The average molecular weight is 286 g/mol. The van der Waals surface area contributed by atoms with Crippen LogP contribution in [0.25, 0.3) is 0 Å². The van der Waals surface area contributed by atoms with Crippen molar-refractivity contribution in [2.45, 2.75) is 39.2 Å². The van der Waals surface area contributed by atoms with Crippen molar-refractivity contribution in [3.63, 3.8) is 0 Å². The number of amides is 2. The lowest BCUT2D eigenvalue weighted by atomic mass is 9.98. The molecule has 2 saturated heterocycles. The van der Waals surface area contributed by atoms with Gasteiger partial charge in [-0.3, -0.25) is 14.5 Å². The van der Waals surface area contributed by atoms with Crippen LogP contribution in [-0.4, -0.2) is 35.8 Å². The molecule has 1 aromatic carbocycles. The molecule has 112 valence electrons. The number of nitrogens with zero attached hydrogens (tertiary/aromatic N) is 2. The van der Waals surface area contributed by atoms with Crippen molar-refractivity contribution in [1.29, 1.82) is 0 Å². The zero-order chi connectivity index (χ0) is 15.0. The van der Waals surface area contributed by atoms with E-state index in [1.54, 1.807) is 0 Å². The number of rotatable bonds is 2. The molecule has 4 heteroatoms. The molecule has 3 rings (SSSR count). The standard InChI is InChI=1S/C17H22N2O2/c1-12-5-7-14(8-6-12)19-16(20)10-15(17(19)21)18-9-3-4-13(2)11-18/h5-8,13,15H,3-4,9-11H2,1-2H3/t13-,15-/m1/s1. The number of imide groups is 1. The van der Waals surface area contributed by atoms with Crippen LogP contribution in [0.5, 0.6) is 0 Å². The zero-order valence-electron chi connectivity index (χ0n) is 12.7. The Balaban J connectivity index is 1.80. The molecular weight excluding hydrogens is 264 g/mol. The second kappa shape index (κ2) is 5.60. The van der Waals surface area contributed by atoms with Crippen LogP contribution >= 0.6 is 0 Å². The quantitative estimate of drug-likeness (QED) is 0.784. The van der Waals surface area contributed by atoms with Gasteiger partial charge >= 0.3 is 0 Å². The number of aryl methyl sites for hydroxylation is 1. The van der Waals surface area contributed by atoms with Gasteiger partial charge in [0.2, 0.25) is 5.91 Å². The molecule has 0 radical (unpaired) electrons. The number of hydrogen-bond acceptors (Lipinski definition) is 3. The zero-order valence-corrected chi connectivity index (χ0v) is 12.7. The highest BCUT2D eigenvalue weighted by atomic mass is 16.2. The highest BCUT2D eigenvalue weighted by Gasteiger charge is 2.43. The molecule has 2 aliphatic rings. The van der Waals surface area contributed by atoms with Crippen molar-refractivity contribution < 1.29 is 9.59 Å². The third-order valence-corrected chi connectivity index (χ3v) is 4.54. The normalized spacial score (nSPS) is 27.4. The highest BCUT2D eigenvalue weighted by molar-refractivity contribution is 6.22. The van der Waals surface area contributed by atoms with Crippen molar-refractivity contribution in [3.8, 4) is 0 Å². The lowest BCUT2D eigenvalue weighted by Gasteiger charge is -2.34. The Bertz CT molecular complexity index is 552. The summed E-state index contributed by atoms with van der Waals surface area (Å²) in [5.74, 6) is 0.472. The van der Waals surface area contributed by atoms with Gasteiger partial charge in [0.1, 0.15) is 0 Å². The van der Waals surface area contributed by atoms with E-state index in [9.17, 15) is 9.59 Å². The summed E-state index contributed by atoms with van der Waals surface area (Å²) >= 11 is 0. The average Bonchev–Trinajstić information content (AvgIpc) is 2.75. The number of anilines is 1. The van der Waals surface area contributed by atoms with Gasteiger partial charge in [0.25, 0.3) is 5.91 Å². The van der Waals surface area contributed by atoms with E-state index in [-0.39, 0.29) is 17.9 Å². The topological polar surface area (TPSA) is 40.6 Å². The molecule has 21 heavy (non-hydrogen) atoms. The summed E-state index contributed by atoms with van der Waals surface area (Å²) in [6, 6.07) is 7.32. The molecule has 0 N–H and O–H groups in total. The predicted molar refractivity (Wildman–Crippen MR) is 82.0 cm³/mol. The van der Waals surface area contributed by atoms with E-state index in [2.05, 4.69) is 11.8 Å². The van der Waals surface area contributed by atoms with Crippen LogP contribution in [0.4, 0.5) is 5.69 Å². The van der Waals surface area contributed by atoms with Gasteiger partial charge in [0.15, 0.2) is 0 Å². The molecule has 0 spiro atoms. The van der Waals surface area contributed by atoms with Crippen LogP contribution in [0.15, 0.2) is 24.3 Å². The number of carbonyl (C=O) groups is 2. The van der Waals surface area contributed by atoms with E-state index in [1.807, 2.05) is 31.2 Å². The summed E-state index contributed by atoms with van der Waals surface area (Å²) in [6.45, 7) is 6.06. The largest absolute Gasteiger partial charge is 0.291 e. The van der Waals surface area contributed by atoms with Gasteiger partial charge in [-0.1, -0.05) is 24.6 Å². The maximum Gasteiger partial charge on any atom is 0.251 e. The smallest absolute Gasteiger partial charge is 0.251 e. The fourth-order valence-electron chi connectivity index (χ4n) is 3.38. The third-order valence-electron chi connectivity index (χ3n) is 4.54. The van der Waals surface area contributed by atoms with Crippen molar-refractivity contribution in [2.75, 3.05) is 18.0 Å². The first kappa shape index (κ1) is 14.3. The Morgan fingerprint density at radius 1 is 1.14 bits per heavy atom. The second-order valence-electron chi connectivity index (χ2n) is 6.37. The fraction of sp³-hybridized carbons (Fsp3) is 0.529. The Kier molecular flexibility index (Phi) is 3.81. The van der Waals surface area contributed by atoms with Gasteiger partial charge in [-0.05, 0) is 44.4 Å². The lowest BCUT2D eigenvalue weighted by molar-refractivity contribution is -0.123. The van der Waals surface area contributed by atoms with E-state index < -0.39 is 0 Å². The Morgan fingerprint density at radius 2 is 1.86 bits per heavy atom. The Morgan fingerprint density at radius 3 is 2.52 bits per heavy atom. The molecule has 0 saturated carbocycles. The maximum absolute atomic E-state index is 12.7. The number of carbonyl (C=O) groups excluding carboxylic acids is 2. The molecule has 0 unspecified atom stereocenters. The highest BCUT2D eigenvalue weighted by Crippen LogP contribution is 2.28. The Hall–Kier alpha value is -1.68. The molecule has 2 fully saturated rings. The van der Waals surface area contributed by atoms with Crippen LogP contribution in [0.3, 0.4) is 0 Å². The maximum atomic E-state index is 12.7. The molecule has 1 aromatic rings. The summed E-state index contributed by atoms with van der Waals surface area (Å²) in [5, 5.41) is 0. The van der Waals surface area contributed by atoms with Crippen LogP contribution in [-0.2, 0) is 9.59 Å². The molecule has 4 nitrogen and oxygen atoms in total. The molecule has 2 heterocycles. The number of piperidine rings is 1. The minimum Gasteiger partial charge on any atom is -0.291 e. The molecule has 2 aliphatic heterocycles. The summed E-state index contributed by atoms with van der Waals surface area (Å²) in [5.41, 5.74) is 1.82. The molecular formula is C17H22N2O2. The summed E-state index contributed by atoms with van der Waals surface area (Å²) in [4.78, 5) is 28.5. The third kappa shape index (κ3) is 2.72. The number of likely N-dealkylation sites (tertiary alicyclic amines) is 1. The molecule has 2 amide bonds. The lowest BCUT2D eigenvalue weighted by Crippen LogP contribution is -2.46. The summed E-state index contributed by atoms with van der Waals surface area (Å²) < 4.78 is 0. The van der Waals surface area contributed by atoms with E-state index in [4.69, 9.17) is 0 Å². The van der Waals surface area contributed by atoms with E-state index in [0.717, 1.165) is 25.1 Å². The van der Waals surface area contributed by atoms with Gasteiger partial charge in [-0.15, -0.1) is 0 Å². The fourth-order valence-corrected chi connectivity index (χ4v) is 3.38. The van der Waals surface area contributed by atoms with Gasteiger partial charge in [0, 0.05) is 6.54 Å². The number of hydrogen-bond donors (Lipinski definition) is 0. The minimum absolute atomic E-state index is 0.0575. The minimum atomic E-state index is -0.262. The Labute approximate surface area is 125 Å². The predicted octanol–water partition coefficient (Wildman–Crippen LogP) is 2.36. The second-order valence-corrected chi connectivity index (χ2v) is 6.37. The van der Waals surface area contributed by atoms with Crippen LogP contribution in [0.2, 0.25) is 0 Å². The van der Waals surface area contributed by atoms with Gasteiger partial charge in [-0.2, -0.15) is 0 Å². The van der Waals surface area contributed by atoms with Crippen LogP contribution in [0, 0.1) is 12.8 Å². The van der Waals surface area contributed by atoms with Gasteiger partial charge in [0.05, 0.1) is 18.2 Å². The SMILES string of the molecule is Cc1ccc(N2C(=O)C[C@@H](N3CCC[C@@H](C)C3)C2=O)cc1. The van der Waals surface area contributed by atoms with Crippen molar-refractivity contribution in [2.24, 2.45) is 5.92 Å². The summed E-state index contributed by atoms with van der Waals surface area (Å²) in [6.07, 6.45) is 2.65. The van der Waals surface area contributed by atoms with Crippen molar-refractivity contribution in [3.05, 3.63) is 29.8 Å². The van der Waals surface area contributed by atoms with Crippen LogP contribution < -0.4 is 4.90 Å². The first-order valence-electron chi connectivity index (χ1n) is 7.74. The van der Waals surface area contributed by atoms with Crippen molar-refractivity contribution in [1.82, 2.24) is 4.90 Å². The van der Waals surface area contributed by atoms with E-state index in [0.29, 0.717) is 18.0 Å². The first-order valence-corrected chi connectivity index (χ1v) is 7.74. The van der Waals surface area contributed by atoms with Crippen molar-refractivity contribution >= 4 is 17.5 Å². The summed E-state index contributed by atoms with van der Waals surface area (Å²) in [7, 11) is 0. The molecule has 2 atom stereocenters. The molecule has 0 aliphatic carbocycles. The van der Waals surface area contributed by atoms with Crippen LogP contribution in [0.1, 0.15) is 31.7 Å². The molecule has 0 bridgehead atoms. The number of benzene rings is 1. The van der Waals surface area contributed by atoms with E-state index in [1.165, 1.54) is 11.3 Å². The van der Waals surface area contributed by atoms with E-state index >= 15 is 0 Å². The van der Waals surface area contributed by atoms with Gasteiger partial charge in [-0.25, -0.2) is 4.90 Å². The first-order chi connectivity index (χ1) is 10.1.